The molecule has 0 amide bonds. The second-order valence-corrected chi connectivity index (χ2v) is 5.71. The van der Waals surface area contributed by atoms with Crippen LogP contribution in [0.3, 0.4) is 0 Å². The molecule has 4 heteroatoms. The minimum Gasteiger partial charge on any atom is -0.370 e. The average Bonchev–Trinajstić information content (AvgIpc) is 2.79. The molecule has 0 radical (unpaired) electrons. The first-order chi connectivity index (χ1) is 9.66. The summed E-state index contributed by atoms with van der Waals surface area (Å²) in [5.74, 6) is 1.20. The number of nitrogens with zero attached hydrogens (tertiary/aromatic N) is 3. The predicted octanol–water partition coefficient (Wildman–Crippen LogP) is 2.56. The maximum absolute atomic E-state index is 6.05. The number of hydrogen-bond acceptors (Lipinski definition) is 4. The second kappa shape index (κ2) is 5.12. The van der Waals surface area contributed by atoms with Crippen molar-refractivity contribution in [2.75, 3.05) is 13.1 Å². The first kappa shape index (κ1) is 12.9. The van der Waals surface area contributed by atoms with Crippen LogP contribution in [0, 0.1) is 5.92 Å². The highest BCUT2D eigenvalue weighted by Gasteiger charge is 2.29. The van der Waals surface area contributed by atoms with E-state index in [0.29, 0.717) is 18.4 Å². The number of rotatable bonds is 3. The minimum absolute atomic E-state index is 0.205. The number of fused-ring (bicyclic) bond motifs is 1. The van der Waals surface area contributed by atoms with Crippen molar-refractivity contribution < 1.29 is 0 Å². The van der Waals surface area contributed by atoms with E-state index in [0.717, 1.165) is 6.54 Å². The predicted molar refractivity (Wildman–Crippen MR) is 82.5 cm³/mol. The fourth-order valence-electron chi connectivity index (χ4n) is 2.81. The summed E-state index contributed by atoms with van der Waals surface area (Å²) in [5, 5.41) is 2.41. The third-order valence-corrected chi connectivity index (χ3v) is 3.72. The van der Waals surface area contributed by atoms with Gasteiger partial charge in [-0.15, -0.1) is 0 Å². The standard InChI is InChI=1S/C16H20N4/c1-11(2)10-20-15(9-19-16(20)17)14-8-18-7-12-5-3-4-6-13(12)14/h3-8,11,15H,9-10H2,1-2H3,(H2,17,19). The molecule has 0 fully saturated rings. The van der Waals surface area contributed by atoms with Gasteiger partial charge in [-0.25, -0.2) is 0 Å². The zero-order valence-corrected chi connectivity index (χ0v) is 12.0. The third kappa shape index (κ3) is 2.22. The number of aliphatic imine (C=N–C) groups is 1. The highest BCUT2D eigenvalue weighted by atomic mass is 15.3. The largest absolute Gasteiger partial charge is 0.370 e. The number of pyridine rings is 1. The van der Waals surface area contributed by atoms with Crippen LogP contribution in [-0.4, -0.2) is 28.9 Å². The molecule has 0 saturated carbocycles. The molecule has 0 saturated heterocycles. The molecule has 1 aliphatic heterocycles. The lowest BCUT2D eigenvalue weighted by atomic mass is 10.0. The molecule has 20 heavy (non-hydrogen) atoms. The van der Waals surface area contributed by atoms with Crippen LogP contribution in [0.4, 0.5) is 0 Å². The first-order valence-electron chi connectivity index (χ1n) is 7.06. The van der Waals surface area contributed by atoms with Crippen LogP contribution >= 0.6 is 0 Å². The van der Waals surface area contributed by atoms with Crippen LogP contribution in [0.5, 0.6) is 0 Å². The zero-order valence-electron chi connectivity index (χ0n) is 12.0. The van der Waals surface area contributed by atoms with Gasteiger partial charge in [0.2, 0.25) is 0 Å². The molecule has 1 aliphatic rings. The van der Waals surface area contributed by atoms with Crippen molar-refractivity contribution >= 4 is 16.7 Å². The van der Waals surface area contributed by atoms with Crippen molar-refractivity contribution in [2.24, 2.45) is 16.6 Å². The van der Waals surface area contributed by atoms with Gasteiger partial charge in [-0.05, 0) is 11.3 Å². The third-order valence-electron chi connectivity index (χ3n) is 3.72. The van der Waals surface area contributed by atoms with E-state index in [2.05, 4.69) is 46.9 Å². The van der Waals surface area contributed by atoms with Crippen LogP contribution in [0.2, 0.25) is 0 Å². The smallest absolute Gasteiger partial charge is 0.191 e. The maximum Gasteiger partial charge on any atom is 0.191 e. The number of aromatic nitrogens is 1. The molecule has 0 bridgehead atoms. The molecule has 1 atom stereocenters. The molecule has 104 valence electrons. The van der Waals surface area contributed by atoms with Crippen LogP contribution < -0.4 is 5.73 Å². The Hall–Kier alpha value is -2.10. The van der Waals surface area contributed by atoms with E-state index in [1.54, 1.807) is 0 Å². The molecule has 3 rings (SSSR count). The molecule has 0 spiro atoms. The van der Waals surface area contributed by atoms with Crippen molar-refractivity contribution in [1.82, 2.24) is 9.88 Å². The van der Waals surface area contributed by atoms with Gasteiger partial charge in [-0.1, -0.05) is 38.1 Å². The van der Waals surface area contributed by atoms with E-state index in [1.165, 1.54) is 16.3 Å². The van der Waals surface area contributed by atoms with Gasteiger partial charge in [-0.2, -0.15) is 0 Å². The maximum atomic E-state index is 6.05. The van der Waals surface area contributed by atoms with Gasteiger partial charge in [0.05, 0.1) is 12.6 Å². The normalized spacial score (nSPS) is 18.9. The summed E-state index contributed by atoms with van der Waals surface area (Å²) in [5.41, 5.74) is 7.27. The topological polar surface area (TPSA) is 54.5 Å². The molecule has 2 heterocycles. The summed E-state index contributed by atoms with van der Waals surface area (Å²) in [6.07, 6.45) is 3.86. The van der Waals surface area contributed by atoms with Crippen LogP contribution in [0.25, 0.3) is 10.8 Å². The molecular weight excluding hydrogens is 248 g/mol. The van der Waals surface area contributed by atoms with Gasteiger partial charge in [0.15, 0.2) is 5.96 Å². The van der Waals surface area contributed by atoms with Gasteiger partial charge in [-0.3, -0.25) is 9.98 Å². The van der Waals surface area contributed by atoms with Crippen LogP contribution in [0.1, 0.15) is 25.5 Å². The van der Waals surface area contributed by atoms with Gasteiger partial charge in [0, 0.05) is 29.9 Å². The lowest BCUT2D eigenvalue weighted by molar-refractivity contribution is 0.310. The lowest BCUT2D eigenvalue weighted by Crippen LogP contribution is -2.38. The van der Waals surface area contributed by atoms with Crippen molar-refractivity contribution in [1.29, 1.82) is 0 Å². The second-order valence-electron chi connectivity index (χ2n) is 5.71. The minimum atomic E-state index is 0.205. The van der Waals surface area contributed by atoms with Crippen LogP contribution in [0.15, 0.2) is 41.7 Å². The van der Waals surface area contributed by atoms with Crippen molar-refractivity contribution in [2.45, 2.75) is 19.9 Å². The quantitative estimate of drug-likeness (QED) is 0.930. The Morgan fingerprint density at radius 1 is 1.30 bits per heavy atom. The fourth-order valence-corrected chi connectivity index (χ4v) is 2.81. The summed E-state index contributed by atoms with van der Waals surface area (Å²) in [6, 6.07) is 8.55. The Labute approximate surface area is 119 Å². The van der Waals surface area contributed by atoms with Crippen molar-refractivity contribution in [3.05, 3.63) is 42.2 Å². The Kier molecular flexibility index (Phi) is 3.30. The van der Waals surface area contributed by atoms with E-state index in [1.807, 2.05) is 18.5 Å². The molecular formula is C16H20N4. The molecule has 2 aromatic rings. The SMILES string of the molecule is CC(C)CN1C(N)=NCC1c1cncc2ccccc12. The van der Waals surface area contributed by atoms with E-state index >= 15 is 0 Å². The van der Waals surface area contributed by atoms with Gasteiger partial charge in [0.1, 0.15) is 0 Å². The Bertz CT molecular complexity index is 642. The van der Waals surface area contributed by atoms with E-state index in [9.17, 15) is 0 Å². The highest BCUT2D eigenvalue weighted by Crippen LogP contribution is 2.31. The average molecular weight is 268 g/mol. The molecule has 2 N–H and O–H groups in total. The Morgan fingerprint density at radius 3 is 2.90 bits per heavy atom. The number of guanidine groups is 1. The Balaban J connectivity index is 2.02. The zero-order chi connectivity index (χ0) is 14.1. The van der Waals surface area contributed by atoms with E-state index < -0.39 is 0 Å². The van der Waals surface area contributed by atoms with E-state index in [-0.39, 0.29) is 6.04 Å². The summed E-state index contributed by atoms with van der Waals surface area (Å²) >= 11 is 0. The number of benzene rings is 1. The summed E-state index contributed by atoms with van der Waals surface area (Å²) < 4.78 is 0. The molecule has 1 aromatic carbocycles. The molecule has 1 aromatic heterocycles. The first-order valence-corrected chi connectivity index (χ1v) is 7.06. The van der Waals surface area contributed by atoms with Gasteiger partial charge in [0.25, 0.3) is 0 Å². The van der Waals surface area contributed by atoms with Crippen molar-refractivity contribution in [3.8, 4) is 0 Å². The summed E-state index contributed by atoms with van der Waals surface area (Å²) in [7, 11) is 0. The number of nitrogens with two attached hydrogens (primary N) is 1. The monoisotopic (exact) mass is 268 g/mol. The summed E-state index contributed by atoms with van der Waals surface area (Å²) in [6.45, 7) is 6.03. The molecule has 4 nitrogen and oxygen atoms in total. The Morgan fingerprint density at radius 2 is 2.10 bits per heavy atom. The lowest BCUT2D eigenvalue weighted by Gasteiger charge is -2.28. The van der Waals surface area contributed by atoms with Crippen LogP contribution in [-0.2, 0) is 0 Å². The van der Waals surface area contributed by atoms with Gasteiger partial charge >= 0.3 is 0 Å². The number of hydrogen-bond donors (Lipinski definition) is 1. The fraction of sp³-hybridized carbons (Fsp3) is 0.375. The highest BCUT2D eigenvalue weighted by molar-refractivity contribution is 5.87. The van der Waals surface area contributed by atoms with Gasteiger partial charge < -0.3 is 10.6 Å². The summed E-state index contributed by atoms with van der Waals surface area (Å²) in [4.78, 5) is 11.0. The molecule has 0 aliphatic carbocycles. The molecule has 1 unspecified atom stereocenters. The van der Waals surface area contributed by atoms with E-state index in [4.69, 9.17) is 5.73 Å². The van der Waals surface area contributed by atoms with Crippen molar-refractivity contribution in [3.63, 3.8) is 0 Å².